The van der Waals surface area contributed by atoms with Gasteiger partial charge in [-0.05, 0) is 25.5 Å². The minimum atomic E-state index is -0.406. The second-order valence-electron chi connectivity index (χ2n) is 4.80. The minimum absolute atomic E-state index is 0.00625. The molecule has 0 N–H and O–H groups in total. The first-order valence-corrected chi connectivity index (χ1v) is 7.11. The molecule has 1 aromatic carbocycles. The van der Waals surface area contributed by atoms with Crippen LogP contribution in [0.25, 0.3) is 0 Å². The van der Waals surface area contributed by atoms with E-state index in [1.54, 1.807) is 0 Å². The van der Waals surface area contributed by atoms with Crippen molar-refractivity contribution in [3.05, 3.63) is 29.8 Å². The number of methoxy groups -OCH3 is 1. The van der Waals surface area contributed by atoms with E-state index in [1.807, 2.05) is 38.1 Å². The Hall–Kier alpha value is -2.04. The lowest BCUT2D eigenvalue weighted by Gasteiger charge is -2.20. The number of carbonyl (C=O) groups excluding carboxylic acids is 2. The molecule has 0 aliphatic heterocycles. The lowest BCUT2D eigenvalue weighted by atomic mass is 10.2. The van der Waals surface area contributed by atoms with Crippen molar-refractivity contribution in [1.29, 1.82) is 0 Å². The second kappa shape index (κ2) is 9.00. The van der Waals surface area contributed by atoms with Crippen molar-refractivity contribution in [3.8, 4) is 5.75 Å². The van der Waals surface area contributed by atoms with Crippen molar-refractivity contribution in [1.82, 2.24) is 4.90 Å². The van der Waals surface area contributed by atoms with Crippen LogP contribution in [-0.4, -0.2) is 43.6 Å². The molecule has 0 heterocycles. The third-order valence-corrected chi connectivity index (χ3v) is 3.00. The highest BCUT2D eigenvalue weighted by Crippen LogP contribution is 2.11. The number of nitrogens with zero attached hydrogens (tertiary/aromatic N) is 1. The number of carbonyl (C=O) groups is 2. The number of hydrogen-bond donors (Lipinski definition) is 0. The summed E-state index contributed by atoms with van der Waals surface area (Å²) in [6.45, 7) is 4.79. The van der Waals surface area contributed by atoms with Crippen LogP contribution in [0.3, 0.4) is 0 Å². The van der Waals surface area contributed by atoms with Crippen LogP contribution in [0, 0.1) is 6.92 Å². The number of amides is 1. The second-order valence-corrected chi connectivity index (χ2v) is 4.80. The van der Waals surface area contributed by atoms with Crippen molar-refractivity contribution in [3.63, 3.8) is 0 Å². The SMILES string of the molecule is CCCN(CC(=O)OC)C(=O)CCOc1ccc(C)cc1. The van der Waals surface area contributed by atoms with Gasteiger partial charge in [0, 0.05) is 6.54 Å². The lowest BCUT2D eigenvalue weighted by Crippen LogP contribution is -2.37. The molecule has 1 rings (SSSR count). The zero-order valence-electron chi connectivity index (χ0n) is 12.9. The molecule has 0 aromatic heterocycles. The number of rotatable bonds is 8. The summed E-state index contributed by atoms with van der Waals surface area (Å²) in [4.78, 5) is 24.9. The molecule has 0 atom stereocenters. The van der Waals surface area contributed by atoms with Gasteiger partial charge in [0.05, 0.1) is 20.1 Å². The maximum Gasteiger partial charge on any atom is 0.325 e. The summed E-state index contributed by atoms with van der Waals surface area (Å²) in [5, 5.41) is 0. The molecule has 0 aliphatic rings. The van der Waals surface area contributed by atoms with E-state index in [9.17, 15) is 9.59 Å². The Labute approximate surface area is 125 Å². The first kappa shape index (κ1) is 17.0. The van der Waals surface area contributed by atoms with Crippen molar-refractivity contribution in [2.75, 3.05) is 26.8 Å². The molecule has 0 saturated carbocycles. The van der Waals surface area contributed by atoms with E-state index in [4.69, 9.17) is 4.74 Å². The highest BCUT2D eigenvalue weighted by molar-refractivity contribution is 5.82. The fraction of sp³-hybridized carbons (Fsp3) is 0.500. The average molecular weight is 293 g/mol. The summed E-state index contributed by atoms with van der Waals surface area (Å²) in [6.07, 6.45) is 1.03. The smallest absolute Gasteiger partial charge is 0.325 e. The van der Waals surface area contributed by atoms with Crippen molar-refractivity contribution < 1.29 is 19.1 Å². The molecule has 0 aliphatic carbocycles. The van der Waals surface area contributed by atoms with E-state index >= 15 is 0 Å². The van der Waals surface area contributed by atoms with Crippen molar-refractivity contribution >= 4 is 11.9 Å². The lowest BCUT2D eigenvalue weighted by molar-refractivity contribution is -0.147. The van der Waals surface area contributed by atoms with E-state index in [1.165, 1.54) is 12.0 Å². The van der Waals surface area contributed by atoms with Gasteiger partial charge < -0.3 is 14.4 Å². The fourth-order valence-corrected chi connectivity index (χ4v) is 1.83. The number of hydrogen-bond acceptors (Lipinski definition) is 4. The van der Waals surface area contributed by atoms with Crippen LogP contribution in [0.1, 0.15) is 25.3 Å². The van der Waals surface area contributed by atoms with E-state index in [-0.39, 0.29) is 18.9 Å². The van der Waals surface area contributed by atoms with E-state index in [2.05, 4.69) is 4.74 Å². The Morgan fingerprint density at radius 3 is 2.43 bits per heavy atom. The maximum atomic E-state index is 12.1. The number of benzene rings is 1. The monoisotopic (exact) mass is 293 g/mol. The third kappa shape index (κ3) is 6.29. The van der Waals surface area contributed by atoms with Crippen LogP contribution in [-0.2, 0) is 14.3 Å². The maximum absolute atomic E-state index is 12.1. The Morgan fingerprint density at radius 2 is 1.86 bits per heavy atom. The van der Waals surface area contributed by atoms with Crippen LogP contribution in [0.15, 0.2) is 24.3 Å². The van der Waals surface area contributed by atoms with Crippen molar-refractivity contribution in [2.24, 2.45) is 0 Å². The molecule has 0 spiro atoms. The summed E-state index contributed by atoms with van der Waals surface area (Å²) >= 11 is 0. The first-order valence-electron chi connectivity index (χ1n) is 7.11. The number of esters is 1. The van der Waals surface area contributed by atoms with Crippen LogP contribution >= 0.6 is 0 Å². The highest BCUT2D eigenvalue weighted by atomic mass is 16.5. The highest BCUT2D eigenvalue weighted by Gasteiger charge is 2.16. The summed E-state index contributed by atoms with van der Waals surface area (Å²) in [5.41, 5.74) is 1.16. The number of ether oxygens (including phenoxy) is 2. The molecule has 21 heavy (non-hydrogen) atoms. The van der Waals surface area contributed by atoms with Gasteiger partial charge in [-0.3, -0.25) is 9.59 Å². The summed E-state index contributed by atoms with van der Waals surface area (Å²) in [7, 11) is 1.32. The number of aryl methyl sites for hydroxylation is 1. The zero-order valence-corrected chi connectivity index (χ0v) is 12.9. The largest absolute Gasteiger partial charge is 0.493 e. The Balaban J connectivity index is 2.42. The standard InChI is InChI=1S/C16H23NO4/c1-4-10-17(12-16(19)20-3)15(18)9-11-21-14-7-5-13(2)6-8-14/h5-8H,4,9-12H2,1-3H3. The third-order valence-electron chi connectivity index (χ3n) is 3.00. The quantitative estimate of drug-likeness (QED) is 0.689. The van der Waals surface area contributed by atoms with Crippen LogP contribution < -0.4 is 4.74 Å². The molecule has 116 valence electrons. The molecule has 1 amide bonds. The molecule has 5 nitrogen and oxygen atoms in total. The van der Waals surface area contributed by atoms with E-state index in [0.717, 1.165) is 17.7 Å². The normalized spacial score (nSPS) is 10.0. The molecule has 0 bridgehead atoms. The van der Waals surface area contributed by atoms with E-state index < -0.39 is 5.97 Å². The Kier molecular flexibility index (Phi) is 7.29. The zero-order chi connectivity index (χ0) is 15.7. The molecule has 0 radical (unpaired) electrons. The van der Waals surface area contributed by atoms with Gasteiger partial charge in [0.25, 0.3) is 0 Å². The van der Waals surface area contributed by atoms with Gasteiger partial charge in [-0.1, -0.05) is 24.6 Å². The topological polar surface area (TPSA) is 55.8 Å². The summed E-state index contributed by atoms with van der Waals surface area (Å²) in [6, 6.07) is 7.66. The van der Waals surface area contributed by atoms with Crippen molar-refractivity contribution in [2.45, 2.75) is 26.7 Å². The molecule has 1 aromatic rings. The molecule has 5 heteroatoms. The Morgan fingerprint density at radius 1 is 1.19 bits per heavy atom. The van der Waals surface area contributed by atoms with Gasteiger partial charge in [-0.25, -0.2) is 0 Å². The van der Waals surface area contributed by atoms with Gasteiger partial charge in [0.1, 0.15) is 12.3 Å². The van der Waals surface area contributed by atoms with Gasteiger partial charge >= 0.3 is 5.97 Å². The van der Waals surface area contributed by atoms with Crippen LogP contribution in [0.2, 0.25) is 0 Å². The predicted molar refractivity (Wildman–Crippen MR) is 80.2 cm³/mol. The van der Waals surface area contributed by atoms with Gasteiger partial charge in [-0.2, -0.15) is 0 Å². The van der Waals surface area contributed by atoms with Gasteiger partial charge in [0.15, 0.2) is 0 Å². The predicted octanol–water partition coefficient (Wildman–Crippen LogP) is 2.18. The Bertz CT molecular complexity index is 456. The van der Waals surface area contributed by atoms with Gasteiger partial charge in [-0.15, -0.1) is 0 Å². The van der Waals surface area contributed by atoms with Crippen LogP contribution in [0.4, 0.5) is 0 Å². The van der Waals surface area contributed by atoms with Gasteiger partial charge in [0.2, 0.25) is 5.91 Å². The first-order chi connectivity index (χ1) is 10.1. The summed E-state index contributed by atoms with van der Waals surface area (Å²) in [5.74, 6) is 0.231. The molecule has 0 fully saturated rings. The minimum Gasteiger partial charge on any atom is -0.493 e. The summed E-state index contributed by atoms with van der Waals surface area (Å²) < 4.78 is 10.1. The molecule has 0 saturated heterocycles. The van der Waals surface area contributed by atoms with Crippen LogP contribution in [0.5, 0.6) is 5.75 Å². The van der Waals surface area contributed by atoms with E-state index in [0.29, 0.717) is 13.2 Å². The molecular weight excluding hydrogens is 270 g/mol. The fourth-order valence-electron chi connectivity index (χ4n) is 1.83. The average Bonchev–Trinajstić information content (AvgIpc) is 2.48. The molecular formula is C16H23NO4. The molecule has 0 unspecified atom stereocenters.